The molecule has 1 aliphatic rings. The number of fused-ring (bicyclic) bond motifs is 1. The molecule has 3 rings (SSSR count). The minimum Gasteiger partial charge on any atom is -0.444 e. The van der Waals surface area contributed by atoms with Crippen LogP contribution in [0.25, 0.3) is 11.0 Å². The minimum absolute atomic E-state index is 0.306. The molecule has 148 valence electrons. The number of alkyl carbamates (subject to hydrolysis) is 1. The lowest BCUT2D eigenvalue weighted by atomic mass is 9.91. The van der Waals surface area contributed by atoms with Crippen LogP contribution in [0.4, 0.5) is 9.18 Å². The quantitative estimate of drug-likeness (QED) is 0.796. The smallest absolute Gasteiger partial charge is 0.407 e. The predicted molar refractivity (Wildman–Crippen MR) is 101 cm³/mol. The van der Waals surface area contributed by atoms with Crippen molar-refractivity contribution in [1.29, 1.82) is 0 Å². The maximum absolute atomic E-state index is 13.3. The average Bonchev–Trinajstić information content (AvgIpc) is 3.00. The van der Waals surface area contributed by atoms with E-state index in [1.165, 1.54) is 12.1 Å². The molecule has 1 aliphatic heterocycles. The highest BCUT2D eigenvalue weighted by molar-refractivity contribution is 5.79. The third kappa shape index (κ3) is 5.42. The molecular formula is C20H28FN3O3. The molecule has 1 aromatic carbocycles. The van der Waals surface area contributed by atoms with Crippen molar-refractivity contribution in [2.75, 3.05) is 26.2 Å². The number of aromatic nitrogens is 1. The summed E-state index contributed by atoms with van der Waals surface area (Å²) < 4.78 is 23.8. The molecule has 1 fully saturated rings. The first-order chi connectivity index (χ1) is 12.8. The lowest BCUT2D eigenvalue weighted by Crippen LogP contribution is -2.37. The molecule has 1 aromatic heterocycles. The van der Waals surface area contributed by atoms with Gasteiger partial charge < -0.3 is 19.5 Å². The lowest BCUT2D eigenvalue weighted by Gasteiger charge is -2.31. The van der Waals surface area contributed by atoms with Crippen LogP contribution in [0.2, 0.25) is 0 Å². The number of nitrogens with one attached hydrogen (secondary N) is 1. The highest BCUT2D eigenvalue weighted by Gasteiger charge is 2.25. The molecule has 6 nitrogen and oxygen atoms in total. The number of benzene rings is 1. The maximum atomic E-state index is 13.3. The summed E-state index contributed by atoms with van der Waals surface area (Å²) in [5.41, 5.74) is 0.986. The van der Waals surface area contributed by atoms with Crippen molar-refractivity contribution in [2.24, 2.45) is 0 Å². The molecule has 0 atom stereocenters. The van der Waals surface area contributed by atoms with Gasteiger partial charge in [-0.1, -0.05) is 5.16 Å². The zero-order chi connectivity index (χ0) is 19.4. The van der Waals surface area contributed by atoms with Crippen molar-refractivity contribution in [3.8, 4) is 0 Å². The Morgan fingerprint density at radius 2 is 2.11 bits per heavy atom. The Balaban J connectivity index is 1.41. The van der Waals surface area contributed by atoms with Crippen molar-refractivity contribution in [2.45, 2.75) is 51.6 Å². The lowest BCUT2D eigenvalue weighted by molar-refractivity contribution is 0.0525. The molecule has 27 heavy (non-hydrogen) atoms. The predicted octanol–water partition coefficient (Wildman–Crippen LogP) is 4.06. The second kappa shape index (κ2) is 8.25. The van der Waals surface area contributed by atoms with E-state index in [2.05, 4.69) is 15.4 Å². The summed E-state index contributed by atoms with van der Waals surface area (Å²) in [6.07, 6.45) is 2.52. The average molecular weight is 377 g/mol. The fourth-order valence-corrected chi connectivity index (χ4v) is 3.46. The van der Waals surface area contributed by atoms with E-state index in [4.69, 9.17) is 9.26 Å². The first-order valence-corrected chi connectivity index (χ1v) is 9.56. The van der Waals surface area contributed by atoms with E-state index in [-0.39, 0.29) is 11.9 Å². The van der Waals surface area contributed by atoms with Crippen molar-refractivity contribution in [3.05, 3.63) is 29.7 Å². The van der Waals surface area contributed by atoms with Crippen LogP contribution in [0.5, 0.6) is 0 Å². The highest BCUT2D eigenvalue weighted by atomic mass is 19.1. The monoisotopic (exact) mass is 377 g/mol. The molecule has 2 heterocycles. The summed E-state index contributed by atoms with van der Waals surface area (Å²) in [4.78, 5) is 14.0. The van der Waals surface area contributed by atoms with E-state index < -0.39 is 5.60 Å². The number of rotatable bonds is 5. The number of likely N-dealkylation sites (tertiary alicyclic amines) is 1. The molecule has 1 N–H and O–H groups in total. The standard InChI is InChI=1S/C20H28FN3O3/c1-20(2,3)26-19(25)22-9-4-10-24-11-7-14(8-12-24)18-16-6-5-15(21)13-17(16)27-23-18/h5-6,13-14H,4,7-12H2,1-3H3,(H,22,25). The van der Waals surface area contributed by atoms with E-state index in [0.717, 1.165) is 50.0 Å². The molecule has 0 unspecified atom stereocenters. The molecule has 1 saturated heterocycles. The molecule has 0 aliphatic carbocycles. The van der Waals surface area contributed by atoms with Crippen LogP contribution in [-0.4, -0.2) is 47.9 Å². The summed E-state index contributed by atoms with van der Waals surface area (Å²) in [7, 11) is 0. The Kier molecular flexibility index (Phi) is 5.99. The molecule has 0 spiro atoms. The summed E-state index contributed by atoms with van der Waals surface area (Å²) in [5.74, 6) is 0.0351. The van der Waals surface area contributed by atoms with Gasteiger partial charge >= 0.3 is 6.09 Å². The zero-order valence-corrected chi connectivity index (χ0v) is 16.3. The second-order valence-electron chi connectivity index (χ2n) is 8.11. The van der Waals surface area contributed by atoms with Gasteiger partial charge in [-0.05, 0) is 71.8 Å². The Bertz CT molecular complexity index is 776. The van der Waals surface area contributed by atoms with Crippen LogP contribution < -0.4 is 5.32 Å². The van der Waals surface area contributed by atoms with E-state index in [0.29, 0.717) is 18.0 Å². The number of nitrogens with zero attached hydrogens (tertiary/aromatic N) is 2. The SMILES string of the molecule is CC(C)(C)OC(=O)NCCCN1CCC(c2noc3cc(F)ccc23)CC1. The van der Waals surface area contributed by atoms with Crippen LogP contribution in [0.1, 0.15) is 51.6 Å². The van der Waals surface area contributed by atoms with E-state index in [1.807, 2.05) is 20.8 Å². The summed E-state index contributed by atoms with van der Waals surface area (Å²) in [5, 5.41) is 7.89. The first kappa shape index (κ1) is 19.6. The second-order valence-corrected chi connectivity index (χ2v) is 8.11. The number of carbonyl (C=O) groups is 1. The fraction of sp³-hybridized carbons (Fsp3) is 0.600. The number of halogens is 1. The molecule has 0 bridgehead atoms. The van der Waals surface area contributed by atoms with E-state index >= 15 is 0 Å². The van der Waals surface area contributed by atoms with Crippen LogP contribution >= 0.6 is 0 Å². The number of carbonyl (C=O) groups excluding carboxylic acids is 1. The fourth-order valence-electron chi connectivity index (χ4n) is 3.46. The van der Waals surface area contributed by atoms with Gasteiger partial charge in [0.2, 0.25) is 0 Å². The van der Waals surface area contributed by atoms with Gasteiger partial charge in [0.1, 0.15) is 11.4 Å². The van der Waals surface area contributed by atoms with E-state index in [9.17, 15) is 9.18 Å². The van der Waals surface area contributed by atoms with Gasteiger partial charge in [0, 0.05) is 23.9 Å². The Hall–Kier alpha value is -2.15. The Morgan fingerprint density at radius 3 is 2.81 bits per heavy atom. The molecule has 1 amide bonds. The van der Waals surface area contributed by atoms with Gasteiger partial charge in [0.05, 0.1) is 5.69 Å². The van der Waals surface area contributed by atoms with Crippen LogP contribution in [-0.2, 0) is 4.74 Å². The molecule has 2 aromatic rings. The topological polar surface area (TPSA) is 67.6 Å². The largest absolute Gasteiger partial charge is 0.444 e. The van der Waals surface area contributed by atoms with Gasteiger partial charge in [-0.2, -0.15) is 0 Å². The number of ether oxygens (including phenoxy) is 1. The van der Waals surface area contributed by atoms with Crippen LogP contribution in [0.15, 0.2) is 22.7 Å². The molecular weight excluding hydrogens is 349 g/mol. The molecule has 0 radical (unpaired) electrons. The third-order valence-corrected chi connectivity index (χ3v) is 4.76. The Morgan fingerprint density at radius 1 is 1.37 bits per heavy atom. The zero-order valence-electron chi connectivity index (χ0n) is 16.3. The van der Waals surface area contributed by atoms with Crippen molar-refractivity contribution in [3.63, 3.8) is 0 Å². The third-order valence-electron chi connectivity index (χ3n) is 4.76. The Labute approximate surface area is 159 Å². The van der Waals surface area contributed by atoms with Crippen molar-refractivity contribution >= 4 is 17.1 Å². The molecule has 0 saturated carbocycles. The first-order valence-electron chi connectivity index (χ1n) is 9.56. The summed E-state index contributed by atoms with van der Waals surface area (Å²) in [6, 6.07) is 4.60. The van der Waals surface area contributed by atoms with Gasteiger partial charge in [-0.15, -0.1) is 0 Å². The van der Waals surface area contributed by atoms with Crippen molar-refractivity contribution < 1.29 is 18.4 Å². The summed E-state index contributed by atoms with van der Waals surface area (Å²) in [6.45, 7) is 9.06. The van der Waals surface area contributed by atoms with Gasteiger partial charge in [-0.3, -0.25) is 0 Å². The van der Waals surface area contributed by atoms with Crippen LogP contribution in [0.3, 0.4) is 0 Å². The van der Waals surface area contributed by atoms with Crippen LogP contribution in [0, 0.1) is 5.82 Å². The number of amides is 1. The summed E-state index contributed by atoms with van der Waals surface area (Å²) >= 11 is 0. The number of piperidine rings is 1. The molecule has 7 heteroatoms. The highest BCUT2D eigenvalue weighted by Crippen LogP contribution is 2.32. The van der Waals surface area contributed by atoms with Crippen molar-refractivity contribution in [1.82, 2.24) is 15.4 Å². The normalized spacial score (nSPS) is 16.6. The van der Waals surface area contributed by atoms with Gasteiger partial charge in [-0.25, -0.2) is 9.18 Å². The van der Waals surface area contributed by atoms with Gasteiger partial charge in [0.25, 0.3) is 0 Å². The number of hydrogen-bond acceptors (Lipinski definition) is 5. The maximum Gasteiger partial charge on any atom is 0.407 e. The van der Waals surface area contributed by atoms with Gasteiger partial charge in [0.15, 0.2) is 5.58 Å². The van der Waals surface area contributed by atoms with E-state index in [1.54, 1.807) is 6.07 Å². The minimum atomic E-state index is -0.469. The number of hydrogen-bond donors (Lipinski definition) is 1.